The molecule has 0 radical (unpaired) electrons. The van der Waals surface area contributed by atoms with Gasteiger partial charge in [0.1, 0.15) is 0 Å². The van der Waals surface area contributed by atoms with Crippen molar-refractivity contribution >= 4 is 23.6 Å². The normalized spacial score (nSPS) is 11.8. The topological polar surface area (TPSA) is 26.3 Å². The molecular formula is C10H10O2S. The van der Waals surface area contributed by atoms with Gasteiger partial charge in [-0.1, -0.05) is 42.5 Å². The second-order valence-corrected chi connectivity index (χ2v) is 2.85. The second kappa shape index (κ2) is 4.72. The number of rotatable bonds is 3. The third-order valence-electron chi connectivity index (χ3n) is 1.54. The summed E-state index contributed by atoms with van der Waals surface area (Å²) >= 11 is 4.77. The molecule has 68 valence electrons. The Morgan fingerprint density at radius 1 is 1.46 bits per heavy atom. The fraction of sp³-hybridized carbons (Fsp3) is 0.200. The largest absolute Gasteiger partial charge is 0.452 e. The van der Waals surface area contributed by atoms with Crippen molar-refractivity contribution in [1.82, 2.24) is 0 Å². The van der Waals surface area contributed by atoms with Crippen LogP contribution in [-0.4, -0.2) is 11.3 Å². The highest BCUT2D eigenvalue weighted by Gasteiger charge is 2.09. The Bertz CT molecular complexity index is 295. The Balaban J connectivity index is 2.78. The van der Waals surface area contributed by atoms with E-state index < -0.39 is 6.10 Å². The van der Waals surface area contributed by atoms with Crippen LogP contribution in [0.4, 0.5) is 0 Å². The van der Waals surface area contributed by atoms with Crippen molar-refractivity contribution in [3.8, 4) is 0 Å². The van der Waals surface area contributed by atoms with E-state index in [0.29, 0.717) is 0 Å². The average molecular weight is 194 g/mol. The molecule has 0 aliphatic heterocycles. The van der Waals surface area contributed by atoms with Gasteiger partial charge >= 0.3 is 5.97 Å². The van der Waals surface area contributed by atoms with Crippen LogP contribution in [-0.2, 0) is 9.53 Å². The highest BCUT2D eigenvalue weighted by atomic mass is 32.1. The average Bonchev–Trinajstić information content (AvgIpc) is 2.15. The summed E-state index contributed by atoms with van der Waals surface area (Å²) < 4.78 is 4.99. The minimum atomic E-state index is -0.409. The van der Waals surface area contributed by atoms with Crippen LogP contribution in [0, 0.1) is 0 Å². The van der Waals surface area contributed by atoms with Crippen molar-refractivity contribution in [2.45, 2.75) is 13.0 Å². The molecule has 0 amide bonds. The molecular weight excluding hydrogens is 184 g/mol. The first-order chi connectivity index (χ1) is 6.24. The van der Waals surface area contributed by atoms with E-state index in [9.17, 15) is 4.79 Å². The molecule has 1 aromatic rings. The fourth-order valence-corrected chi connectivity index (χ4v) is 1.21. The maximum atomic E-state index is 10.7. The zero-order valence-electron chi connectivity index (χ0n) is 7.27. The van der Waals surface area contributed by atoms with E-state index in [1.54, 1.807) is 0 Å². The monoisotopic (exact) mass is 194 g/mol. The SMILES string of the molecule is CC(=O)OC(C=S)c1ccccc1. The van der Waals surface area contributed by atoms with Crippen molar-refractivity contribution in [2.24, 2.45) is 0 Å². The molecule has 1 atom stereocenters. The van der Waals surface area contributed by atoms with Gasteiger partial charge in [-0.15, -0.1) is 0 Å². The van der Waals surface area contributed by atoms with Gasteiger partial charge in [-0.3, -0.25) is 4.79 Å². The summed E-state index contributed by atoms with van der Waals surface area (Å²) in [4.78, 5) is 10.7. The van der Waals surface area contributed by atoms with E-state index in [4.69, 9.17) is 17.0 Å². The molecule has 0 spiro atoms. The van der Waals surface area contributed by atoms with Crippen molar-refractivity contribution in [1.29, 1.82) is 0 Å². The molecule has 2 nitrogen and oxygen atoms in total. The predicted octanol–water partition coefficient (Wildman–Crippen LogP) is 2.29. The molecule has 0 aromatic heterocycles. The lowest BCUT2D eigenvalue weighted by Crippen LogP contribution is -2.08. The third-order valence-corrected chi connectivity index (χ3v) is 1.79. The molecule has 0 fully saturated rings. The highest BCUT2D eigenvalue weighted by molar-refractivity contribution is 7.79. The van der Waals surface area contributed by atoms with Crippen LogP contribution < -0.4 is 0 Å². The van der Waals surface area contributed by atoms with Crippen LogP contribution in [0.15, 0.2) is 30.3 Å². The van der Waals surface area contributed by atoms with Gasteiger partial charge in [0.05, 0.1) is 0 Å². The van der Waals surface area contributed by atoms with Crippen molar-refractivity contribution in [2.75, 3.05) is 0 Å². The van der Waals surface area contributed by atoms with Gasteiger partial charge < -0.3 is 4.74 Å². The fourth-order valence-electron chi connectivity index (χ4n) is 0.996. The molecule has 1 unspecified atom stereocenters. The highest BCUT2D eigenvalue weighted by Crippen LogP contribution is 2.14. The van der Waals surface area contributed by atoms with Crippen molar-refractivity contribution in [3.63, 3.8) is 0 Å². The van der Waals surface area contributed by atoms with Crippen molar-refractivity contribution < 1.29 is 9.53 Å². The first-order valence-corrected chi connectivity index (χ1v) is 4.38. The molecule has 0 saturated carbocycles. The van der Waals surface area contributed by atoms with Crippen LogP contribution in [0.2, 0.25) is 0 Å². The van der Waals surface area contributed by atoms with E-state index in [1.807, 2.05) is 30.3 Å². The Morgan fingerprint density at radius 2 is 2.08 bits per heavy atom. The Labute approximate surface area is 82.5 Å². The van der Waals surface area contributed by atoms with Crippen LogP contribution in [0.1, 0.15) is 18.6 Å². The first kappa shape index (κ1) is 9.86. The number of benzene rings is 1. The molecule has 0 aliphatic rings. The number of carbonyl (C=O) groups excluding carboxylic acids is 1. The summed E-state index contributed by atoms with van der Waals surface area (Å²) in [6, 6.07) is 9.40. The molecule has 0 bridgehead atoms. The second-order valence-electron chi connectivity index (χ2n) is 2.58. The van der Waals surface area contributed by atoms with Gasteiger partial charge in [-0.2, -0.15) is 0 Å². The maximum absolute atomic E-state index is 10.7. The molecule has 0 N–H and O–H groups in total. The number of hydrogen-bond donors (Lipinski definition) is 0. The Hall–Kier alpha value is -1.22. The molecule has 0 heterocycles. The van der Waals surface area contributed by atoms with E-state index in [1.165, 1.54) is 12.3 Å². The first-order valence-electron chi connectivity index (χ1n) is 3.91. The van der Waals surface area contributed by atoms with Crippen molar-refractivity contribution in [3.05, 3.63) is 35.9 Å². The predicted molar refractivity (Wildman–Crippen MR) is 54.6 cm³/mol. The molecule has 0 aliphatic carbocycles. The standard InChI is InChI=1S/C10H10O2S/c1-8(11)12-10(7-13)9-5-3-2-4-6-9/h2-7,10H,1H3. The minimum absolute atomic E-state index is 0.324. The van der Waals surface area contributed by atoms with Gasteiger partial charge in [0, 0.05) is 12.3 Å². The van der Waals surface area contributed by atoms with E-state index in [2.05, 4.69) is 0 Å². The number of ether oxygens (including phenoxy) is 1. The number of thiocarbonyl (C=S) groups is 1. The van der Waals surface area contributed by atoms with Gasteiger partial charge in [-0.05, 0) is 5.56 Å². The summed E-state index contributed by atoms with van der Waals surface area (Å²) in [5.41, 5.74) is 0.896. The smallest absolute Gasteiger partial charge is 0.303 e. The molecule has 1 aromatic carbocycles. The zero-order chi connectivity index (χ0) is 9.68. The summed E-state index contributed by atoms with van der Waals surface area (Å²) in [6.07, 6.45) is -0.409. The summed E-state index contributed by atoms with van der Waals surface area (Å²) in [5, 5.41) is 1.44. The number of carbonyl (C=O) groups is 1. The Kier molecular flexibility index (Phi) is 3.58. The summed E-state index contributed by atoms with van der Waals surface area (Å²) in [6.45, 7) is 1.37. The molecule has 13 heavy (non-hydrogen) atoms. The lowest BCUT2D eigenvalue weighted by Gasteiger charge is -2.11. The van der Waals surface area contributed by atoms with E-state index in [-0.39, 0.29) is 5.97 Å². The zero-order valence-corrected chi connectivity index (χ0v) is 8.08. The van der Waals surface area contributed by atoms with Gasteiger partial charge in [0.2, 0.25) is 0 Å². The Morgan fingerprint density at radius 3 is 2.54 bits per heavy atom. The summed E-state index contributed by atoms with van der Waals surface area (Å²) in [5.74, 6) is -0.324. The number of hydrogen-bond acceptors (Lipinski definition) is 3. The molecule has 0 saturated heterocycles. The van der Waals surface area contributed by atoms with Gasteiger partial charge in [0.25, 0.3) is 0 Å². The van der Waals surface area contributed by atoms with Crippen LogP contribution in [0.5, 0.6) is 0 Å². The minimum Gasteiger partial charge on any atom is -0.452 e. The van der Waals surface area contributed by atoms with Gasteiger partial charge in [-0.25, -0.2) is 0 Å². The lowest BCUT2D eigenvalue weighted by molar-refractivity contribution is -0.143. The van der Waals surface area contributed by atoms with Crippen LogP contribution in [0.3, 0.4) is 0 Å². The lowest BCUT2D eigenvalue weighted by atomic mass is 10.1. The third kappa shape index (κ3) is 2.95. The maximum Gasteiger partial charge on any atom is 0.303 e. The van der Waals surface area contributed by atoms with E-state index in [0.717, 1.165) is 5.56 Å². The molecule has 1 rings (SSSR count). The van der Waals surface area contributed by atoms with Crippen LogP contribution >= 0.6 is 12.2 Å². The van der Waals surface area contributed by atoms with E-state index >= 15 is 0 Å². The quantitative estimate of drug-likeness (QED) is 0.545. The van der Waals surface area contributed by atoms with Crippen LogP contribution in [0.25, 0.3) is 0 Å². The van der Waals surface area contributed by atoms with Gasteiger partial charge in [0.15, 0.2) is 6.10 Å². The summed E-state index contributed by atoms with van der Waals surface area (Å²) in [7, 11) is 0. The molecule has 3 heteroatoms. The number of esters is 1.